The van der Waals surface area contributed by atoms with E-state index in [9.17, 15) is 4.79 Å². The second-order valence-electron chi connectivity index (χ2n) is 6.43. The molecule has 7 nitrogen and oxygen atoms in total. The Hall–Kier alpha value is -3.87. The summed E-state index contributed by atoms with van der Waals surface area (Å²) in [7, 11) is 0. The lowest BCUT2D eigenvalue weighted by molar-refractivity contribution is -0.114. The first-order valence-corrected chi connectivity index (χ1v) is 9.13. The number of hydrogen-bond donors (Lipinski definition) is 1. The van der Waals surface area contributed by atoms with Gasteiger partial charge in [0, 0.05) is 6.92 Å². The highest BCUT2D eigenvalue weighted by atomic mass is 16.7. The van der Waals surface area contributed by atoms with Crippen LogP contribution in [0.2, 0.25) is 0 Å². The standard InChI is InChI=1S/C22H19N3O4/c1-15(26)24-21-12-11-19(14-23-21)28-22-13-20(29-25-22)16-7-9-18(10-8-16)27-17-5-3-2-4-6-17/h2-12,14,20H,13H2,1H3,(H,23,24,26)/t20-/m0/s1. The normalized spacial score (nSPS) is 15.2. The van der Waals surface area contributed by atoms with E-state index in [2.05, 4.69) is 15.5 Å². The third kappa shape index (κ3) is 4.90. The first-order chi connectivity index (χ1) is 14.2. The van der Waals surface area contributed by atoms with Crippen LogP contribution in [-0.4, -0.2) is 16.8 Å². The molecule has 1 N–H and O–H groups in total. The van der Waals surface area contributed by atoms with Crippen LogP contribution in [0, 0.1) is 0 Å². The lowest BCUT2D eigenvalue weighted by atomic mass is 10.1. The Morgan fingerprint density at radius 3 is 2.38 bits per heavy atom. The number of carbonyl (C=O) groups excluding carboxylic acids is 1. The van der Waals surface area contributed by atoms with E-state index in [1.807, 2.05) is 54.6 Å². The van der Waals surface area contributed by atoms with Crippen molar-refractivity contribution in [3.63, 3.8) is 0 Å². The number of benzene rings is 2. The minimum atomic E-state index is -0.220. The van der Waals surface area contributed by atoms with E-state index < -0.39 is 0 Å². The number of oxime groups is 1. The number of pyridine rings is 1. The van der Waals surface area contributed by atoms with Crippen molar-refractivity contribution in [3.05, 3.63) is 78.5 Å². The maximum atomic E-state index is 11.0. The minimum absolute atomic E-state index is 0.178. The number of hydrogen-bond acceptors (Lipinski definition) is 6. The fourth-order valence-electron chi connectivity index (χ4n) is 2.80. The van der Waals surface area contributed by atoms with E-state index in [1.54, 1.807) is 12.1 Å². The SMILES string of the molecule is CC(=O)Nc1ccc(OC2=NO[C@H](c3ccc(Oc4ccccc4)cc3)C2)cn1. The first-order valence-electron chi connectivity index (χ1n) is 9.13. The number of aromatic nitrogens is 1. The molecule has 0 radical (unpaired) electrons. The molecule has 1 aliphatic heterocycles. The van der Waals surface area contributed by atoms with Crippen LogP contribution in [0.3, 0.4) is 0 Å². The van der Waals surface area contributed by atoms with Crippen molar-refractivity contribution in [2.45, 2.75) is 19.4 Å². The van der Waals surface area contributed by atoms with Crippen molar-refractivity contribution in [2.75, 3.05) is 5.32 Å². The van der Waals surface area contributed by atoms with Crippen molar-refractivity contribution in [3.8, 4) is 17.2 Å². The molecule has 0 saturated carbocycles. The van der Waals surface area contributed by atoms with Gasteiger partial charge >= 0.3 is 0 Å². The zero-order chi connectivity index (χ0) is 20.1. The molecule has 7 heteroatoms. The van der Waals surface area contributed by atoms with Crippen molar-refractivity contribution < 1.29 is 19.1 Å². The third-order valence-corrected chi connectivity index (χ3v) is 4.15. The highest BCUT2D eigenvalue weighted by Gasteiger charge is 2.24. The molecule has 1 amide bonds. The summed E-state index contributed by atoms with van der Waals surface area (Å²) in [4.78, 5) is 20.7. The lowest BCUT2D eigenvalue weighted by Gasteiger charge is -2.10. The minimum Gasteiger partial charge on any atom is -0.457 e. The number of ether oxygens (including phenoxy) is 2. The van der Waals surface area contributed by atoms with Gasteiger partial charge < -0.3 is 19.6 Å². The van der Waals surface area contributed by atoms with E-state index in [0.29, 0.717) is 23.9 Å². The van der Waals surface area contributed by atoms with E-state index in [4.69, 9.17) is 14.3 Å². The molecule has 0 aliphatic carbocycles. The molecule has 0 bridgehead atoms. The summed E-state index contributed by atoms with van der Waals surface area (Å²) in [5.74, 6) is 2.81. The van der Waals surface area contributed by atoms with Crippen LogP contribution in [-0.2, 0) is 9.63 Å². The van der Waals surface area contributed by atoms with Crippen LogP contribution >= 0.6 is 0 Å². The molecule has 1 aromatic heterocycles. The number of carbonyl (C=O) groups is 1. The molecule has 1 aliphatic rings. The number of para-hydroxylation sites is 1. The molecule has 2 aromatic carbocycles. The van der Waals surface area contributed by atoms with Gasteiger partial charge in [-0.25, -0.2) is 4.98 Å². The first kappa shape index (κ1) is 18.5. The van der Waals surface area contributed by atoms with Crippen LogP contribution in [0.1, 0.15) is 25.0 Å². The zero-order valence-corrected chi connectivity index (χ0v) is 15.7. The highest BCUT2D eigenvalue weighted by Crippen LogP contribution is 2.30. The summed E-state index contributed by atoms with van der Waals surface area (Å²) in [6.07, 6.45) is 1.81. The van der Waals surface area contributed by atoms with Crippen molar-refractivity contribution in [1.82, 2.24) is 4.98 Å². The second-order valence-corrected chi connectivity index (χ2v) is 6.43. The predicted octanol–water partition coefficient (Wildman–Crippen LogP) is 4.69. The van der Waals surface area contributed by atoms with E-state index >= 15 is 0 Å². The summed E-state index contributed by atoms with van der Waals surface area (Å²) in [5.41, 5.74) is 0.979. The number of rotatable bonds is 5. The Balaban J connectivity index is 1.32. The Kier molecular flexibility index (Phi) is 5.38. The molecule has 2 heterocycles. The van der Waals surface area contributed by atoms with Gasteiger partial charge in [0.25, 0.3) is 0 Å². The van der Waals surface area contributed by atoms with E-state index in [1.165, 1.54) is 13.1 Å². The van der Waals surface area contributed by atoms with Crippen LogP contribution in [0.15, 0.2) is 78.1 Å². The van der Waals surface area contributed by atoms with Crippen LogP contribution in [0.5, 0.6) is 17.2 Å². The average molecular weight is 389 g/mol. The van der Waals surface area contributed by atoms with Gasteiger partial charge in [0.15, 0.2) is 6.10 Å². The molecule has 0 unspecified atom stereocenters. The molecule has 0 saturated heterocycles. The maximum Gasteiger partial charge on any atom is 0.235 e. The Morgan fingerprint density at radius 2 is 1.69 bits per heavy atom. The topological polar surface area (TPSA) is 82.0 Å². The summed E-state index contributed by atoms with van der Waals surface area (Å²) >= 11 is 0. The average Bonchev–Trinajstić information content (AvgIpc) is 3.19. The van der Waals surface area contributed by atoms with Gasteiger partial charge in [0.2, 0.25) is 11.8 Å². The molecular weight excluding hydrogens is 370 g/mol. The monoisotopic (exact) mass is 389 g/mol. The van der Waals surface area contributed by atoms with Crippen LogP contribution < -0.4 is 14.8 Å². The zero-order valence-electron chi connectivity index (χ0n) is 15.7. The Labute approximate surface area is 167 Å². The summed E-state index contributed by atoms with van der Waals surface area (Å²) in [6, 6.07) is 20.7. The summed E-state index contributed by atoms with van der Waals surface area (Å²) < 4.78 is 11.5. The smallest absolute Gasteiger partial charge is 0.235 e. The van der Waals surface area contributed by atoms with Crippen LogP contribution in [0.4, 0.5) is 5.82 Å². The quantitative estimate of drug-likeness (QED) is 0.685. The number of amides is 1. The van der Waals surface area contributed by atoms with Gasteiger partial charge in [-0.3, -0.25) is 4.79 Å². The highest BCUT2D eigenvalue weighted by molar-refractivity contribution is 5.87. The summed E-state index contributed by atoms with van der Waals surface area (Å²) in [6.45, 7) is 1.43. The molecule has 1 atom stereocenters. The van der Waals surface area contributed by atoms with E-state index in [-0.39, 0.29) is 12.0 Å². The molecule has 0 fully saturated rings. The molecule has 29 heavy (non-hydrogen) atoms. The van der Waals surface area contributed by atoms with Gasteiger partial charge in [-0.05, 0) is 42.0 Å². The fourth-order valence-corrected chi connectivity index (χ4v) is 2.80. The lowest BCUT2D eigenvalue weighted by Crippen LogP contribution is -2.09. The van der Waals surface area contributed by atoms with Gasteiger partial charge in [-0.1, -0.05) is 35.5 Å². The van der Waals surface area contributed by atoms with Gasteiger partial charge in [-0.15, -0.1) is 0 Å². The summed E-state index contributed by atoms with van der Waals surface area (Å²) in [5, 5.41) is 6.62. The van der Waals surface area contributed by atoms with Gasteiger partial charge in [-0.2, -0.15) is 0 Å². The Bertz CT molecular complexity index is 1000. The number of nitrogens with one attached hydrogen (secondary N) is 1. The number of nitrogens with zero attached hydrogens (tertiary/aromatic N) is 2. The second kappa shape index (κ2) is 8.43. The number of anilines is 1. The van der Waals surface area contributed by atoms with Crippen molar-refractivity contribution >= 4 is 17.6 Å². The van der Waals surface area contributed by atoms with E-state index in [0.717, 1.165) is 17.1 Å². The predicted molar refractivity (Wildman–Crippen MR) is 108 cm³/mol. The van der Waals surface area contributed by atoms with Crippen molar-refractivity contribution in [1.29, 1.82) is 0 Å². The van der Waals surface area contributed by atoms with Crippen molar-refractivity contribution in [2.24, 2.45) is 5.16 Å². The molecule has 4 rings (SSSR count). The van der Waals surface area contributed by atoms with Crippen LogP contribution in [0.25, 0.3) is 0 Å². The molecule has 146 valence electrons. The maximum absolute atomic E-state index is 11.0. The fraction of sp³-hybridized carbons (Fsp3) is 0.136. The largest absolute Gasteiger partial charge is 0.457 e. The van der Waals surface area contributed by atoms with Gasteiger partial charge in [0.05, 0.1) is 12.6 Å². The molecule has 3 aromatic rings. The molecule has 0 spiro atoms. The third-order valence-electron chi connectivity index (χ3n) is 4.15. The van der Waals surface area contributed by atoms with Gasteiger partial charge in [0.1, 0.15) is 23.1 Å². The Morgan fingerprint density at radius 1 is 0.966 bits per heavy atom. The molecular formula is C22H19N3O4.